The van der Waals surface area contributed by atoms with Crippen molar-refractivity contribution in [1.82, 2.24) is 14.8 Å². The number of aromatic carboxylic acids is 1. The van der Waals surface area contributed by atoms with Gasteiger partial charge < -0.3 is 5.11 Å². The zero-order chi connectivity index (χ0) is 12.6. The van der Waals surface area contributed by atoms with Gasteiger partial charge in [0.2, 0.25) is 0 Å². The third-order valence-electron chi connectivity index (χ3n) is 2.83. The van der Waals surface area contributed by atoms with Crippen LogP contribution in [-0.4, -0.2) is 25.8 Å². The lowest BCUT2D eigenvalue weighted by atomic mass is 10.0. The number of hydrogen-bond acceptors (Lipinski definition) is 3. The van der Waals surface area contributed by atoms with Crippen LogP contribution in [0.5, 0.6) is 0 Å². The molecule has 5 nitrogen and oxygen atoms in total. The minimum absolute atomic E-state index is 0.249. The van der Waals surface area contributed by atoms with Crippen LogP contribution in [0.25, 0.3) is 11.1 Å². The van der Waals surface area contributed by atoms with Crippen molar-refractivity contribution < 1.29 is 9.90 Å². The summed E-state index contributed by atoms with van der Waals surface area (Å²) in [5, 5.41) is 13.4. The summed E-state index contributed by atoms with van der Waals surface area (Å²) < 4.78 is 1.74. The molecule has 2 aromatic rings. The summed E-state index contributed by atoms with van der Waals surface area (Å²) in [6.07, 6.45) is 3.05. The SMILES string of the molecule is Cc1nn(C)c(C)c1-c1cnccc1C(=O)O. The molecule has 0 radical (unpaired) electrons. The van der Waals surface area contributed by atoms with Crippen molar-refractivity contribution in [2.24, 2.45) is 7.05 Å². The minimum atomic E-state index is -0.954. The zero-order valence-electron chi connectivity index (χ0n) is 9.93. The zero-order valence-corrected chi connectivity index (χ0v) is 9.93. The Morgan fingerprint density at radius 3 is 2.65 bits per heavy atom. The second kappa shape index (κ2) is 4.01. The largest absolute Gasteiger partial charge is 0.478 e. The number of aromatic nitrogens is 3. The Kier molecular flexibility index (Phi) is 2.67. The molecule has 0 saturated carbocycles. The first-order chi connectivity index (χ1) is 8.02. The van der Waals surface area contributed by atoms with E-state index in [2.05, 4.69) is 10.1 Å². The average molecular weight is 231 g/mol. The molecule has 2 aromatic heterocycles. The van der Waals surface area contributed by atoms with Gasteiger partial charge in [0.25, 0.3) is 0 Å². The maximum Gasteiger partial charge on any atom is 0.336 e. The molecule has 5 heteroatoms. The molecule has 1 N–H and O–H groups in total. The smallest absolute Gasteiger partial charge is 0.336 e. The highest BCUT2D eigenvalue weighted by molar-refractivity contribution is 5.96. The molecule has 0 bridgehead atoms. The standard InChI is InChI=1S/C12H13N3O2/c1-7-11(8(2)15(3)14-7)10-6-13-5-4-9(10)12(16)17/h4-6H,1-3H3,(H,16,17). The van der Waals surface area contributed by atoms with Crippen LogP contribution in [0.2, 0.25) is 0 Å². The highest BCUT2D eigenvalue weighted by Crippen LogP contribution is 2.28. The predicted molar refractivity (Wildman–Crippen MR) is 62.9 cm³/mol. The first-order valence-electron chi connectivity index (χ1n) is 5.20. The van der Waals surface area contributed by atoms with Crippen LogP contribution in [0.1, 0.15) is 21.7 Å². The van der Waals surface area contributed by atoms with Gasteiger partial charge in [0.1, 0.15) is 0 Å². The van der Waals surface area contributed by atoms with Crippen LogP contribution in [-0.2, 0) is 7.05 Å². The normalized spacial score (nSPS) is 10.5. The van der Waals surface area contributed by atoms with Gasteiger partial charge >= 0.3 is 5.97 Å². The molecule has 0 unspecified atom stereocenters. The summed E-state index contributed by atoms with van der Waals surface area (Å²) in [4.78, 5) is 15.2. The van der Waals surface area contributed by atoms with E-state index in [9.17, 15) is 4.79 Å². The number of hydrogen-bond donors (Lipinski definition) is 1. The summed E-state index contributed by atoms with van der Waals surface area (Å²) in [5.41, 5.74) is 3.44. The summed E-state index contributed by atoms with van der Waals surface area (Å²) >= 11 is 0. The van der Waals surface area contributed by atoms with Crippen molar-refractivity contribution in [3.63, 3.8) is 0 Å². The predicted octanol–water partition coefficient (Wildman–Crippen LogP) is 1.80. The molecule has 0 amide bonds. The van der Waals surface area contributed by atoms with Crippen LogP contribution in [0.4, 0.5) is 0 Å². The summed E-state index contributed by atoms with van der Waals surface area (Å²) in [5.74, 6) is -0.954. The van der Waals surface area contributed by atoms with Gasteiger partial charge in [0, 0.05) is 36.3 Å². The molecule has 0 aliphatic rings. The lowest BCUT2D eigenvalue weighted by Gasteiger charge is -2.05. The molecule has 0 atom stereocenters. The van der Waals surface area contributed by atoms with E-state index in [4.69, 9.17) is 5.11 Å². The van der Waals surface area contributed by atoms with Gasteiger partial charge in [-0.3, -0.25) is 9.67 Å². The van der Waals surface area contributed by atoms with Crippen LogP contribution >= 0.6 is 0 Å². The number of carbonyl (C=O) groups is 1. The molecule has 0 saturated heterocycles. The molecule has 0 spiro atoms. The Labute approximate surface area is 98.7 Å². The minimum Gasteiger partial charge on any atom is -0.478 e. The number of nitrogens with zero attached hydrogens (tertiary/aromatic N) is 3. The van der Waals surface area contributed by atoms with E-state index in [1.807, 2.05) is 20.9 Å². The van der Waals surface area contributed by atoms with Gasteiger partial charge in [-0.1, -0.05) is 0 Å². The number of carboxylic acid groups (broad SMARTS) is 1. The highest BCUT2D eigenvalue weighted by atomic mass is 16.4. The third-order valence-corrected chi connectivity index (χ3v) is 2.83. The van der Waals surface area contributed by atoms with E-state index in [0.29, 0.717) is 5.56 Å². The first-order valence-corrected chi connectivity index (χ1v) is 5.20. The second-order valence-corrected chi connectivity index (χ2v) is 3.90. The maximum absolute atomic E-state index is 11.2. The van der Waals surface area contributed by atoms with E-state index in [0.717, 1.165) is 17.0 Å². The van der Waals surface area contributed by atoms with E-state index >= 15 is 0 Å². The maximum atomic E-state index is 11.2. The van der Waals surface area contributed by atoms with Gasteiger partial charge in [0.15, 0.2) is 0 Å². The Bertz CT molecular complexity index is 587. The number of rotatable bonds is 2. The molecule has 0 fully saturated rings. The van der Waals surface area contributed by atoms with Crippen LogP contribution in [0, 0.1) is 13.8 Å². The topological polar surface area (TPSA) is 68.0 Å². The van der Waals surface area contributed by atoms with Gasteiger partial charge in [-0.2, -0.15) is 5.10 Å². The molecule has 2 rings (SSSR count). The average Bonchev–Trinajstić information content (AvgIpc) is 2.53. The fraction of sp³-hybridized carbons (Fsp3) is 0.250. The molecule has 17 heavy (non-hydrogen) atoms. The van der Waals surface area contributed by atoms with Crippen LogP contribution in [0.15, 0.2) is 18.5 Å². The fourth-order valence-corrected chi connectivity index (χ4v) is 1.94. The van der Waals surface area contributed by atoms with Crippen molar-refractivity contribution in [3.05, 3.63) is 35.4 Å². The quantitative estimate of drug-likeness (QED) is 0.855. The highest BCUT2D eigenvalue weighted by Gasteiger charge is 2.18. The molecule has 0 aliphatic heterocycles. The Balaban J connectivity index is 2.72. The Hall–Kier alpha value is -2.17. The lowest BCUT2D eigenvalue weighted by Crippen LogP contribution is -2.01. The number of pyridine rings is 1. The Morgan fingerprint density at radius 1 is 1.41 bits per heavy atom. The third kappa shape index (κ3) is 1.80. The lowest BCUT2D eigenvalue weighted by molar-refractivity contribution is 0.0697. The van der Waals surface area contributed by atoms with E-state index < -0.39 is 5.97 Å². The van der Waals surface area contributed by atoms with Crippen molar-refractivity contribution in [2.45, 2.75) is 13.8 Å². The van der Waals surface area contributed by atoms with Crippen molar-refractivity contribution in [2.75, 3.05) is 0 Å². The van der Waals surface area contributed by atoms with E-state index in [1.165, 1.54) is 12.3 Å². The molecule has 2 heterocycles. The van der Waals surface area contributed by atoms with E-state index in [1.54, 1.807) is 10.9 Å². The molecule has 88 valence electrons. The molecular formula is C12H13N3O2. The second-order valence-electron chi connectivity index (χ2n) is 3.90. The molecule has 0 aliphatic carbocycles. The first kappa shape index (κ1) is 11.3. The summed E-state index contributed by atoms with van der Waals surface area (Å²) in [6, 6.07) is 1.50. The van der Waals surface area contributed by atoms with Crippen molar-refractivity contribution in [1.29, 1.82) is 0 Å². The van der Waals surface area contributed by atoms with Gasteiger partial charge in [-0.25, -0.2) is 4.79 Å². The summed E-state index contributed by atoms with van der Waals surface area (Å²) in [7, 11) is 1.84. The number of aryl methyl sites for hydroxylation is 2. The van der Waals surface area contributed by atoms with E-state index in [-0.39, 0.29) is 5.56 Å². The number of carboxylic acids is 1. The molecule has 0 aromatic carbocycles. The van der Waals surface area contributed by atoms with Crippen LogP contribution < -0.4 is 0 Å². The van der Waals surface area contributed by atoms with Crippen molar-refractivity contribution in [3.8, 4) is 11.1 Å². The van der Waals surface area contributed by atoms with Gasteiger partial charge in [-0.15, -0.1) is 0 Å². The molecular weight excluding hydrogens is 218 g/mol. The van der Waals surface area contributed by atoms with Crippen molar-refractivity contribution >= 4 is 5.97 Å². The monoisotopic (exact) mass is 231 g/mol. The van der Waals surface area contributed by atoms with Crippen LogP contribution in [0.3, 0.4) is 0 Å². The van der Waals surface area contributed by atoms with Gasteiger partial charge in [-0.05, 0) is 19.9 Å². The van der Waals surface area contributed by atoms with Gasteiger partial charge in [0.05, 0.1) is 11.3 Å². The fourth-order valence-electron chi connectivity index (χ4n) is 1.94. The summed E-state index contributed by atoms with van der Waals surface area (Å²) in [6.45, 7) is 3.77. The Morgan fingerprint density at radius 2 is 2.12 bits per heavy atom.